The molecular weight excluding hydrogens is 371 g/mol. The monoisotopic (exact) mass is 387 g/mol. The lowest BCUT2D eigenvalue weighted by Gasteiger charge is -2.04. The summed E-state index contributed by atoms with van der Waals surface area (Å²) >= 11 is 0. The molecule has 3 rings (SSSR count). The van der Waals surface area contributed by atoms with E-state index in [0.717, 1.165) is 0 Å². The predicted octanol–water partition coefficient (Wildman–Crippen LogP) is 4.32. The van der Waals surface area contributed by atoms with E-state index in [0.29, 0.717) is 16.8 Å². The fourth-order valence-electron chi connectivity index (χ4n) is 2.43. The summed E-state index contributed by atoms with van der Waals surface area (Å²) in [5.74, 6) is -0.672. The van der Waals surface area contributed by atoms with Crippen LogP contribution in [-0.4, -0.2) is 22.3 Å². The molecule has 0 unspecified atom stereocenters. The van der Waals surface area contributed by atoms with Crippen LogP contribution in [0.2, 0.25) is 0 Å². The second-order valence-corrected chi connectivity index (χ2v) is 5.79. The molecule has 0 atom stereocenters. The maximum Gasteiger partial charge on any atom is 0.387 e. The van der Waals surface area contributed by atoms with Crippen LogP contribution in [0.25, 0.3) is 6.08 Å². The lowest BCUT2D eigenvalue weighted by Crippen LogP contribution is -2.07. The van der Waals surface area contributed by atoms with Crippen molar-refractivity contribution in [2.24, 2.45) is 0 Å². The maximum absolute atomic E-state index is 13.7. The number of anilines is 1. The van der Waals surface area contributed by atoms with Crippen LogP contribution in [0.3, 0.4) is 0 Å². The Kier molecular flexibility index (Phi) is 6.11. The number of ether oxygens (including phenoxy) is 1. The summed E-state index contributed by atoms with van der Waals surface area (Å²) in [5.41, 5.74) is 1.60. The Balaban J connectivity index is 1.55. The summed E-state index contributed by atoms with van der Waals surface area (Å²) in [6, 6.07) is 12.3. The normalized spacial score (nSPS) is 11.1. The molecule has 0 aliphatic rings. The first-order chi connectivity index (χ1) is 13.5. The van der Waals surface area contributed by atoms with Crippen LogP contribution >= 0.6 is 0 Å². The van der Waals surface area contributed by atoms with E-state index in [1.807, 2.05) is 0 Å². The fraction of sp³-hybridized carbons (Fsp3) is 0.100. The first kappa shape index (κ1) is 19.2. The molecule has 1 amide bonds. The van der Waals surface area contributed by atoms with E-state index in [1.54, 1.807) is 36.5 Å². The number of hydrogen-bond donors (Lipinski definition) is 1. The second-order valence-electron chi connectivity index (χ2n) is 5.79. The van der Waals surface area contributed by atoms with Crippen molar-refractivity contribution in [3.8, 4) is 5.75 Å². The topological polar surface area (TPSA) is 56.1 Å². The Labute approximate surface area is 159 Å². The molecule has 0 aliphatic carbocycles. The highest BCUT2D eigenvalue weighted by Crippen LogP contribution is 2.16. The average Bonchev–Trinajstić information content (AvgIpc) is 3.09. The van der Waals surface area contributed by atoms with Crippen molar-refractivity contribution in [2.45, 2.75) is 13.2 Å². The highest BCUT2D eigenvalue weighted by atomic mass is 19.3. The van der Waals surface area contributed by atoms with E-state index in [4.69, 9.17) is 0 Å². The van der Waals surface area contributed by atoms with E-state index >= 15 is 0 Å². The molecule has 144 valence electrons. The van der Waals surface area contributed by atoms with Gasteiger partial charge in [0.15, 0.2) is 0 Å². The van der Waals surface area contributed by atoms with Gasteiger partial charge in [0.25, 0.3) is 0 Å². The highest BCUT2D eigenvalue weighted by Gasteiger charge is 2.06. The Hall–Kier alpha value is -3.55. The summed E-state index contributed by atoms with van der Waals surface area (Å²) < 4.78 is 43.7. The number of aromatic nitrogens is 2. The molecule has 0 aliphatic heterocycles. The number of rotatable bonds is 7. The first-order valence-corrected chi connectivity index (χ1v) is 8.29. The van der Waals surface area contributed by atoms with E-state index < -0.39 is 12.5 Å². The van der Waals surface area contributed by atoms with Crippen molar-refractivity contribution in [3.05, 3.63) is 83.9 Å². The van der Waals surface area contributed by atoms with Gasteiger partial charge in [0.2, 0.25) is 5.91 Å². The molecule has 0 radical (unpaired) electrons. The molecule has 0 fully saturated rings. The van der Waals surface area contributed by atoms with Gasteiger partial charge in [-0.3, -0.25) is 9.48 Å². The Morgan fingerprint density at radius 3 is 2.64 bits per heavy atom. The van der Waals surface area contributed by atoms with Gasteiger partial charge >= 0.3 is 6.61 Å². The molecule has 0 bridgehead atoms. The van der Waals surface area contributed by atoms with Crippen LogP contribution in [0.5, 0.6) is 5.75 Å². The van der Waals surface area contributed by atoms with Gasteiger partial charge in [-0.15, -0.1) is 0 Å². The number of halogens is 3. The first-order valence-electron chi connectivity index (χ1n) is 8.29. The molecule has 0 saturated heterocycles. The lowest BCUT2D eigenvalue weighted by molar-refractivity contribution is -0.111. The largest absolute Gasteiger partial charge is 0.435 e. The van der Waals surface area contributed by atoms with Crippen LogP contribution in [0.1, 0.15) is 11.1 Å². The van der Waals surface area contributed by atoms with Crippen molar-refractivity contribution >= 4 is 17.7 Å². The van der Waals surface area contributed by atoms with Gasteiger partial charge in [-0.25, -0.2) is 4.39 Å². The van der Waals surface area contributed by atoms with Crippen molar-refractivity contribution in [1.82, 2.24) is 9.78 Å². The van der Waals surface area contributed by atoms with Crippen molar-refractivity contribution in [3.63, 3.8) is 0 Å². The number of hydrogen-bond acceptors (Lipinski definition) is 3. The van der Waals surface area contributed by atoms with Gasteiger partial charge < -0.3 is 10.1 Å². The molecule has 0 saturated carbocycles. The molecular formula is C20H16F3N3O2. The van der Waals surface area contributed by atoms with E-state index in [1.165, 1.54) is 41.2 Å². The van der Waals surface area contributed by atoms with Crippen LogP contribution in [0.4, 0.5) is 18.9 Å². The smallest absolute Gasteiger partial charge is 0.387 e. The number of benzene rings is 2. The number of carbonyl (C=O) groups is 1. The minimum Gasteiger partial charge on any atom is -0.435 e. The minimum absolute atomic E-state index is 0.0406. The third-order valence-electron chi connectivity index (χ3n) is 3.72. The van der Waals surface area contributed by atoms with Crippen LogP contribution in [0.15, 0.2) is 67.0 Å². The maximum atomic E-state index is 13.7. The fourth-order valence-corrected chi connectivity index (χ4v) is 2.43. The van der Waals surface area contributed by atoms with Gasteiger partial charge in [-0.05, 0) is 29.8 Å². The van der Waals surface area contributed by atoms with Gasteiger partial charge in [-0.1, -0.05) is 30.3 Å². The van der Waals surface area contributed by atoms with Gasteiger partial charge in [0.05, 0.1) is 18.4 Å². The van der Waals surface area contributed by atoms with E-state index in [9.17, 15) is 18.0 Å². The molecule has 1 N–H and O–H groups in total. The van der Waals surface area contributed by atoms with Crippen LogP contribution < -0.4 is 10.1 Å². The van der Waals surface area contributed by atoms with E-state index in [-0.39, 0.29) is 18.1 Å². The van der Waals surface area contributed by atoms with Crippen LogP contribution in [0, 0.1) is 5.82 Å². The number of nitrogens with zero attached hydrogens (tertiary/aromatic N) is 2. The average molecular weight is 387 g/mol. The number of carbonyl (C=O) groups excluding carboxylic acids is 1. The summed E-state index contributed by atoms with van der Waals surface area (Å²) in [6.45, 7) is -2.64. The summed E-state index contributed by atoms with van der Waals surface area (Å²) in [7, 11) is 0. The van der Waals surface area contributed by atoms with Crippen LogP contribution in [-0.2, 0) is 11.3 Å². The molecule has 5 nitrogen and oxygen atoms in total. The Morgan fingerprint density at radius 1 is 1.18 bits per heavy atom. The quantitative estimate of drug-likeness (QED) is 0.614. The predicted molar refractivity (Wildman–Crippen MR) is 98.5 cm³/mol. The summed E-state index contributed by atoms with van der Waals surface area (Å²) in [5, 5.41) is 6.74. The SMILES string of the molecule is O=C(/C=C\c1ccc(OC(F)F)cc1)Nc1cnn(Cc2ccccc2F)c1. The second kappa shape index (κ2) is 8.90. The minimum atomic E-state index is -2.88. The zero-order chi connectivity index (χ0) is 19.9. The Morgan fingerprint density at radius 2 is 1.93 bits per heavy atom. The molecule has 28 heavy (non-hydrogen) atoms. The summed E-state index contributed by atoms with van der Waals surface area (Å²) in [6.07, 6.45) is 5.89. The van der Waals surface area contributed by atoms with Crippen molar-refractivity contribution in [1.29, 1.82) is 0 Å². The van der Waals surface area contributed by atoms with Crippen molar-refractivity contribution in [2.75, 3.05) is 5.32 Å². The lowest BCUT2D eigenvalue weighted by atomic mass is 10.2. The number of amides is 1. The molecule has 1 aromatic heterocycles. The number of alkyl halides is 2. The number of nitrogens with one attached hydrogen (secondary N) is 1. The van der Waals surface area contributed by atoms with Gasteiger partial charge in [0, 0.05) is 17.8 Å². The zero-order valence-corrected chi connectivity index (χ0v) is 14.6. The zero-order valence-electron chi connectivity index (χ0n) is 14.6. The van der Waals surface area contributed by atoms with Crippen molar-refractivity contribution < 1.29 is 22.7 Å². The molecule has 1 heterocycles. The molecule has 2 aromatic carbocycles. The third-order valence-corrected chi connectivity index (χ3v) is 3.72. The van der Waals surface area contributed by atoms with Gasteiger partial charge in [-0.2, -0.15) is 13.9 Å². The van der Waals surface area contributed by atoms with E-state index in [2.05, 4.69) is 15.2 Å². The molecule has 8 heteroatoms. The Bertz CT molecular complexity index is 969. The molecule has 0 spiro atoms. The van der Waals surface area contributed by atoms with Gasteiger partial charge in [0.1, 0.15) is 11.6 Å². The molecule has 3 aromatic rings. The highest BCUT2D eigenvalue weighted by molar-refractivity contribution is 6.01. The standard InChI is InChI=1S/C20H16F3N3O2/c21-18-4-2-1-3-15(18)12-26-13-16(11-24-26)25-19(27)10-7-14-5-8-17(9-6-14)28-20(22)23/h1-11,13,20H,12H2,(H,25,27)/b10-7-. The third kappa shape index (κ3) is 5.47. The summed E-state index contributed by atoms with van der Waals surface area (Å²) in [4.78, 5) is 12.0.